The molecule has 35 heavy (non-hydrogen) atoms. The Morgan fingerprint density at radius 1 is 1.00 bits per heavy atom. The summed E-state index contributed by atoms with van der Waals surface area (Å²) < 4.78 is 38.8. The molecule has 4 rings (SSSR count). The van der Waals surface area contributed by atoms with E-state index in [0.29, 0.717) is 11.3 Å². The van der Waals surface area contributed by atoms with E-state index >= 15 is 0 Å². The van der Waals surface area contributed by atoms with E-state index in [2.05, 4.69) is 25.0 Å². The van der Waals surface area contributed by atoms with Gasteiger partial charge in [-0.3, -0.25) is 14.5 Å². The van der Waals surface area contributed by atoms with E-state index in [4.69, 9.17) is 34.8 Å². The Morgan fingerprint density at radius 3 is 2.34 bits per heavy atom. The van der Waals surface area contributed by atoms with Gasteiger partial charge in [0, 0.05) is 23.3 Å². The van der Waals surface area contributed by atoms with E-state index in [9.17, 15) is 17.6 Å². The number of amides is 1. The van der Waals surface area contributed by atoms with Crippen LogP contribution >= 0.6 is 34.8 Å². The van der Waals surface area contributed by atoms with Crippen molar-refractivity contribution in [1.29, 1.82) is 0 Å². The summed E-state index contributed by atoms with van der Waals surface area (Å²) in [6.07, 6.45) is 2.80. The molecule has 0 bridgehead atoms. The minimum Gasteiger partial charge on any atom is -0.340 e. The lowest BCUT2D eigenvalue weighted by Crippen LogP contribution is -2.34. The molecule has 0 saturated carbocycles. The number of hydrogen-bond acceptors (Lipinski definition) is 5. The SMILES string of the molecule is O=C(CC(Cl)(Cl)Cl)NCS(=O)(=O)Nc1ccc2c(-c3ccncc3)c(-c3ccc(F)cc3)[nH]c2n1. The number of halogens is 4. The van der Waals surface area contributed by atoms with Crippen molar-refractivity contribution < 1.29 is 17.6 Å². The second kappa shape index (κ2) is 9.98. The van der Waals surface area contributed by atoms with Gasteiger partial charge >= 0.3 is 0 Å². The fourth-order valence-electron chi connectivity index (χ4n) is 3.40. The molecule has 0 aliphatic carbocycles. The monoisotopic (exact) mass is 555 g/mol. The Labute approximate surface area is 214 Å². The maximum Gasteiger partial charge on any atom is 0.252 e. The number of aromatic nitrogens is 3. The second-order valence-electron chi connectivity index (χ2n) is 7.46. The molecule has 3 aromatic heterocycles. The van der Waals surface area contributed by atoms with Gasteiger partial charge in [0.1, 0.15) is 23.2 Å². The van der Waals surface area contributed by atoms with Gasteiger partial charge in [0.15, 0.2) is 3.79 Å². The van der Waals surface area contributed by atoms with Crippen LogP contribution in [0.5, 0.6) is 0 Å². The number of carbonyl (C=O) groups excluding carboxylic acids is 1. The molecule has 3 heterocycles. The second-order valence-corrected chi connectivity index (χ2v) is 11.7. The van der Waals surface area contributed by atoms with Crippen LogP contribution in [0.3, 0.4) is 0 Å². The molecule has 0 atom stereocenters. The number of alkyl halides is 3. The van der Waals surface area contributed by atoms with Gasteiger partial charge in [-0.15, -0.1) is 0 Å². The van der Waals surface area contributed by atoms with Crippen molar-refractivity contribution in [2.45, 2.75) is 10.2 Å². The van der Waals surface area contributed by atoms with E-state index in [1.807, 2.05) is 12.1 Å². The molecule has 0 saturated heterocycles. The van der Waals surface area contributed by atoms with Crippen molar-refractivity contribution in [1.82, 2.24) is 20.3 Å². The van der Waals surface area contributed by atoms with Crippen LogP contribution in [0, 0.1) is 5.82 Å². The van der Waals surface area contributed by atoms with E-state index < -0.39 is 32.0 Å². The third kappa shape index (κ3) is 6.40. The number of pyridine rings is 2. The van der Waals surface area contributed by atoms with Crippen molar-refractivity contribution in [3.05, 3.63) is 66.7 Å². The van der Waals surface area contributed by atoms with Gasteiger partial charge < -0.3 is 10.3 Å². The molecule has 182 valence electrons. The van der Waals surface area contributed by atoms with Gasteiger partial charge in [0.2, 0.25) is 5.91 Å². The van der Waals surface area contributed by atoms with Gasteiger partial charge in [0.25, 0.3) is 10.0 Å². The van der Waals surface area contributed by atoms with Gasteiger partial charge in [-0.05, 0) is 59.7 Å². The predicted octanol–water partition coefficient (Wildman–Crippen LogP) is 5.01. The average Bonchev–Trinajstić information content (AvgIpc) is 3.16. The van der Waals surface area contributed by atoms with E-state index in [-0.39, 0.29) is 11.6 Å². The number of fused-ring (bicyclic) bond motifs is 1. The molecule has 0 radical (unpaired) electrons. The Bertz CT molecular complexity index is 1470. The molecule has 0 spiro atoms. The Hall–Kier alpha value is -2.92. The normalized spacial score (nSPS) is 12.0. The number of anilines is 1. The summed E-state index contributed by atoms with van der Waals surface area (Å²) in [5.41, 5.74) is 3.44. The molecule has 0 aliphatic rings. The van der Waals surface area contributed by atoms with Crippen LogP contribution in [-0.4, -0.2) is 38.9 Å². The first-order chi connectivity index (χ1) is 16.5. The summed E-state index contributed by atoms with van der Waals surface area (Å²) >= 11 is 16.6. The number of rotatable bonds is 7. The molecular weight excluding hydrogens is 540 g/mol. The lowest BCUT2D eigenvalue weighted by Gasteiger charge is -2.12. The van der Waals surface area contributed by atoms with Crippen molar-refractivity contribution in [3.63, 3.8) is 0 Å². The molecule has 8 nitrogen and oxygen atoms in total. The third-order valence-corrected chi connectivity index (χ3v) is 6.29. The quantitative estimate of drug-likeness (QED) is 0.277. The largest absolute Gasteiger partial charge is 0.340 e. The highest BCUT2D eigenvalue weighted by atomic mass is 35.6. The molecule has 4 aromatic rings. The van der Waals surface area contributed by atoms with Crippen LogP contribution in [0.1, 0.15) is 6.42 Å². The zero-order chi connectivity index (χ0) is 25.2. The zero-order valence-electron chi connectivity index (χ0n) is 17.7. The van der Waals surface area contributed by atoms with Crippen molar-refractivity contribution in [2.75, 3.05) is 10.6 Å². The summed E-state index contributed by atoms with van der Waals surface area (Å²) in [7, 11) is -4.00. The number of aromatic amines is 1. The highest BCUT2D eigenvalue weighted by Gasteiger charge is 2.25. The number of carbonyl (C=O) groups is 1. The number of sulfonamides is 1. The van der Waals surface area contributed by atoms with Crippen LogP contribution in [0.2, 0.25) is 0 Å². The minimum absolute atomic E-state index is 0.0290. The average molecular weight is 557 g/mol. The van der Waals surface area contributed by atoms with Crippen LogP contribution in [0.4, 0.5) is 10.2 Å². The third-order valence-electron chi connectivity index (χ3n) is 4.84. The van der Waals surface area contributed by atoms with Crippen LogP contribution in [0.25, 0.3) is 33.4 Å². The topological polar surface area (TPSA) is 117 Å². The maximum absolute atomic E-state index is 13.5. The lowest BCUT2D eigenvalue weighted by atomic mass is 10.00. The molecule has 1 aromatic carbocycles. The summed E-state index contributed by atoms with van der Waals surface area (Å²) in [6, 6.07) is 12.8. The molecule has 0 fully saturated rings. The minimum atomic E-state index is -4.00. The van der Waals surface area contributed by atoms with Crippen molar-refractivity contribution in [3.8, 4) is 22.4 Å². The van der Waals surface area contributed by atoms with Gasteiger partial charge in [-0.2, -0.15) is 0 Å². The number of nitrogens with one attached hydrogen (secondary N) is 3. The Morgan fingerprint density at radius 2 is 1.69 bits per heavy atom. The van der Waals surface area contributed by atoms with Gasteiger partial charge in [-0.1, -0.05) is 34.8 Å². The van der Waals surface area contributed by atoms with E-state index in [0.717, 1.165) is 22.1 Å². The van der Waals surface area contributed by atoms with E-state index in [1.54, 1.807) is 30.6 Å². The molecule has 0 unspecified atom stereocenters. The first-order valence-electron chi connectivity index (χ1n) is 10.0. The van der Waals surface area contributed by atoms with Crippen LogP contribution in [0.15, 0.2) is 60.9 Å². The summed E-state index contributed by atoms with van der Waals surface area (Å²) in [5.74, 6) is -1.82. The number of nitrogens with zero attached hydrogens (tertiary/aromatic N) is 2. The first kappa shape index (κ1) is 25.2. The molecule has 13 heteroatoms. The predicted molar refractivity (Wildman–Crippen MR) is 135 cm³/mol. The van der Waals surface area contributed by atoms with Crippen LogP contribution < -0.4 is 10.0 Å². The van der Waals surface area contributed by atoms with Crippen molar-refractivity contribution in [2.24, 2.45) is 0 Å². The van der Waals surface area contributed by atoms with Crippen LogP contribution in [-0.2, 0) is 14.8 Å². The Balaban J connectivity index is 1.65. The standard InChI is InChI=1S/C22H17Cl3FN5O3S/c23-22(24,25)11-18(32)28-12-35(33,34)31-17-6-5-16-19(13-7-9-27-10-8-13)20(30-21(16)29-17)14-1-3-15(26)4-2-14/h1-10H,11-12H2,(H,28,32)(H2,29,30,31). The summed E-state index contributed by atoms with van der Waals surface area (Å²) in [4.78, 5) is 23.4. The Kier molecular flexibility index (Phi) is 7.18. The van der Waals surface area contributed by atoms with E-state index in [1.165, 1.54) is 18.2 Å². The number of benzene rings is 1. The van der Waals surface area contributed by atoms with Crippen molar-refractivity contribution >= 4 is 67.6 Å². The highest BCUT2D eigenvalue weighted by molar-refractivity contribution is 7.92. The summed E-state index contributed by atoms with van der Waals surface area (Å²) in [6.45, 7) is 0. The molecule has 1 amide bonds. The first-order valence-corrected chi connectivity index (χ1v) is 12.8. The highest BCUT2D eigenvalue weighted by Crippen LogP contribution is 2.38. The molecular formula is C22H17Cl3FN5O3S. The number of H-pyrrole nitrogens is 1. The lowest BCUT2D eigenvalue weighted by molar-refractivity contribution is -0.120. The molecule has 3 N–H and O–H groups in total. The zero-order valence-corrected chi connectivity index (χ0v) is 20.8. The fourth-order valence-corrected chi connectivity index (χ4v) is 4.62. The number of hydrogen-bond donors (Lipinski definition) is 3. The summed E-state index contributed by atoms with van der Waals surface area (Å²) in [5, 5.41) is 2.90. The smallest absolute Gasteiger partial charge is 0.252 e. The molecule has 0 aliphatic heterocycles. The van der Waals surface area contributed by atoms with Gasteiger partial charge in [-0.25, -0.2) is 17.8 Å². The van der Waals surface area contributed by atoms with Gasteiger partial charge in [0.05, 0.1) is 12.1 Å². The maximum atomic E-state index is 13.5. The fraction of sp³-hybridized carbons (Fsp3) is 0.136.